The lowest BCUT2D eigenvalue weighted by molar-refractivity contribution is -0.137. The van der Waals surface area contributed by atoms with E-state index >= 15 is 0 Å². The molecule has 12 heavy (non-hydrogen) atoms. The molecule has 1 aromatic heterocycles. The standard InChI is InChI=1S/C8H11NO3/c1-5(3-7(10)11)8-6(2)9-4-12-8/h4-5H,3H2,1-2H3,(H,10,11). The van der Waals surface area contributed by atoms with E-state index in [1.165, 1.54) is 6.39 Å². The third-order valence-corrected chi connectivity index (χ3v) is 1.71. The molecule has 1 unspecified atom stereocenters. The van der Waals surface area contributed by atoms with E-state index in [2.05, 4.69) is 4.98 Å². The van der Waals surface area contributed by atoms with Gasteiger partial charge in [-0.15, -0.1) is 0 Å². The fraction of sp³-hybridized carbons (Fsp3) is 0.500. The smallest absolute Gasteiger partial charge is 0.304 e. The molecule has 0 spiro atoms. The molecule has 1 atom stereocenters. The van der Waals surface area contributed by atoms with Crippen LogP contribution in [-0.4, -0.2) is 16.1 Å². The Hall–Kier alpha value is -1.32. The first-order chi connectivity index (χ1) is 5.61. The number of hydrogen-bond donors (Lipinski definition) is 1. The van der Waals surface area contributed by atoms with E-state index in [1.807, 2.05) is 6.92 Å². The summed E-state index contributed by atoms with van der Waals surface area (Å²) in [7, 11) is 0. The maximum absolute atomic E-state index is 10.4. The Morgan fingerprint density at radius 3 is 2.92 bits per heavy atom. The molecule has 1 heterocycles. The van der Waals surface area contributed by atoms with Crippen molar-refractivity contribution in [2.24, 2.45) is 0 Å². The Labute approximate surface area is 70.2 Å². The first kappa shape index (κ1) is 8.77. The van der Waals surface area contributed by atoms with Crippen LogP contribution in [0.4, 0.5) is 0 Å². The van der Waals surface area contributed by atoms with Crippen molar-refractivity contribution in [1.29, 1.82) is 0 Å². The average molecular weight is 169 g/mol. The summed E-state index contributed by atoms with van der Waals surface area (Å²) in [6.45, 7) is 3.61. The Morgan fingerprint density at radius 2 is 2.50 bits per heavy atom. The third kappa shape index (κ3) is 1.84. The molecule has 1 aromatic rings. The highest BCUT2D eigenvalue weighted by atomic mass is 16.4. The van der Waals surface area contributed by atoms with Gasteiger partial charge < -0.3 is 9.52 Å². The predicted octanol–water partition coefficient (Wildman–Crippen LogP) is 1.56. The molecule has 0 fully saturated rings. The molecular formula is C8H11NO3. The van der Waals surface area contributed by atoms with Crippen LogP contribution in [0.3, 0.4) is 0 Å². The maximum Gasteiger partial charge on any atom is 0.304 e. The molecular weight excluding hydrogens is 158 g/mol. The zero-order valence-electron chi connectivity index (χ0n) is 7.07. The number of aliphatic carboxylic acids is 1. The van der Waals surface area contributed by atoms with Gasteiger partial charge in [0.1, 0.15) is 5.76 Å². The van der Waals surface area contributed by atoms with Gasteiger partial charge in [0.25, 0.3) is 0 Å². The molecule has 0 aromatic carbocycles. The van der Waals surface area contributed by atoms with Gasteiger partial charge in [-0.05, 0) is 6.92 Å². The fourth-order valence-electron chi connectivity index (χ4n) is 1.14. The molecule has 0 bridgehead atoms. The van der Waals surface area contributed by atoms with Gasteiger partial charge in [0, 0.05) is 5.92 Å². The monoisotopic (exact) mass is 169 g/mol. The van der Waals surface area contributed by atoms with E-state index in [1.54, 1.807) is 6.92 Å². The summed E-state index contributed by atoms with van der Waals surface area (Å²) < 4.78 is 5.05. The van der Waals surface area contributed by atoms with E-state index in [4.69, 9.17) is 9.52 Å². The lowest BCUT2D eigenvalue weighted by Crippen LogP contribution is -2.02. The highest BCUT2D eigenvalue weighted by Crippen LogP contribution is 2.21. The minimum Gasteiger partial charge on any atom is -0.481 e. The second kappa shape index (κ2) is 3.38. The van der Waals surface area contributed by atoms with Crippen LogP contribution in [-0.2, 0) is 4.79 Å². The average Bonchev–Trinajstić information content (AvgIpc) is 2.33. The SMILES string of the molecule is Cc1ncoc1C(C)CC(=O)O. The number of aryl methyl sites for hydroxylation is 1. The van der Waals surface area contributed by atoms with Crippen LogP contribution in [0.5, 0.6) is 0 Å². The van der Waals surface area contributed by atoms with Crippen molar-refractivity contribution in [2.45, 2.75) is 26.2 Å². The molecule has 0 amide bonds. The fourth-order valence-corrected chi connectivity index (χ4v) is 1.14. The largest absolute Gasteiger partial charge is 0.481 e. The van der Waals surface area contributed by atoms with E-state index in [0.29, 0.717) is 5.76 Å². The molecule has 0 saturated heterocycles. The lowest BCUT2D eigenvalue weighted by Gasteiger charge is -2.04. The lowest BCUT2D eigenvalue weighted by atomic mass is 10.0. The summed E-state index contributed by atoms with van der Waals surface area (Å²) in [5.74, 6) is -0.263. The van der Waals surface area contributed by atoms with Gasteiger partial charge in [0.2, 0.25) is 0 Å². The molecule has 66 valence electrons. The van der Waals surface area contributed by atoms with Crippen molar-refractivity contribution in [2.75, 3.05) is 0 Å². The third-order valence-electron chi connectivity index (χ3n) is 1.71. The van der Waals surface area contributed by atoms with Crippen LogP contribution in [0.2, 0.25) is 0 Å². The Morgan fingerprint density at radius 1 is 1.83 bits per heavy atom. The summed E-state index contributed by atoms with van der Waals surface area (Å²) in [4.78, 5) is 14.2. The highest BCUT2D eigenvalue weighted by Gasteiger charge is 2.15. The summed E-state index contributed by atoms with van der Waals surface area (Å²) in [5, 5.41) is 8.51. The molecule has 0 aliphatic heterocycles. The Bertz CT molecular complexity index is 280. The number of aromatic nitrogens is 1. The van der Waals surface area contributed by atoms with Crippen LogP contribution in [0.25, 0.3) is 0 Å². The molecule has 0 saturated carbocycles. The molecule has 0 aliphatic carbocycles. The minimum atomic E-state index is -0.821. The highest BCUT2D eigenvalue weighted by molar-refractivity contribution is 5.67. The van der Waals surface area contributed by atoms with Gasteiger partial charge in [0.05, 0.1) is 12.1 Å². The van der Waals surface area contributed by atoms with Gasteiger partial charge in [-0.3, -0.25) is 4.79 Å². The molecule has 1 N–H and O–H groups in total. The number of carbonyl (C=O) groups is 1. The van der Waals surface area contributed by atoms with Gasteiger partial charge in [-0.1, -0.05) is 6.92 Å². The number of carboxylic acid groups (broad SMARTS) is 1. The number of rotatable bonds is 3. The zero-order chi connectivity index (χ0) is 9.14. The summed E-state index contributed by atoms with van der Waals surface area (Å²) in [6.07, 6.45) is 1.42. The van der Waals surface area contributed by atoms with Crippen LogP contribution < -0.4 is 0 Å². The van der Waals surface area contributed by atoms with Crippen molar-refractivity contribution in [3.8, 4) is 0 Å². The van der Waals surface area contributed by atoms with Crippen LogP contribution in [0.15, 0.2) is 10.8 Å². The second-order valence-electron chi connectivity index (χ2n) is 2.80. The summed E-state index contributed by atoms with van der Waals surface area (Å²) >= 11 is 0. The predicted molar refractivity (Wildman–Crippen MR) is 41.9 cm³/mol. The van der Waals surface area contributed by atoms with Crippen LogP contribution in [0.1, 0.15) is 30.7 Å². The Balaban J connectivity index is 2.71. The molecule has 0 radical (unpaired) electrons. The van der Waals surface area contributed by atoms with Gasteiger partial charge >= 0.3 is 5.97 Å². The van der Waals surface area contributed by atoms with Gasteiger partial charge in [-0.2, -0.15) is 0 Å². The first-order valence-corrected chi connectivity index (χ1v) is 3.73. The van der Waals surface area contributed by atoms with E-state index in [9.17, 15) is 4.79 Å². The number of carboxylic acids is 1. The summed E-state index contributed by atoms with van der Waals surface area (Å²) in [6, 6.07) is 0. The minimum absolute atomic E-state index is 0.0794. The number of hydrogen-bond acceptors (Lipinski definition) is 3. The number of nitrogens with zero attached hydrogens (tertiary/aromatic N) is 1. The number of oxazole rings is 1. The zero-order valence-corrected chi connectivity index (χ0v) is 7.07. The van der Waals surface area contributed by atoms with Crippen molar-refractivity contribution in [3.05, 3.63) is 17.8 Å². The second-order valence-corrected chi connectivity index (χ2v) is 2.80. The quantitative estimate of drug-likeness (QED) is 0.745. The van der Waals surface area contributed by atoms with Crippen LogP contribution in [0, 0.1) is 6.92 Å². The maximum atomic E-state index is 10.4. The van der Waals surface area contributed by atoms with E-state index < -0.39 is 5.97 Å². The van der Waals surface area contributed by atoms with Gasteiger partial charge in [0.15, 0.2) is 6.39 Å². The molecule has 4 nitrogen and oxygen atoms in total. The normalized spacial score (nSPS) is 12.8. The van der Waals surface area contributed by atoms with Crippen LogP contribution >= 0.6 is 0 Å². The topological polar surface area (TPSA) is 63.3 Å². The van der Waals surface area contributed by atoms with Crippen molar-refractivity contribution in [1.82, 2.24) is 4.98 Å². The van der Waals surface area contributed by atoms with Crippen molar-refractivity contribution >= 4 is 5.97 Å². The Kier molecular flexibility index (Phi) is 2.47. The summed E-state index contributed by atoms with van der Waals surface area (Å²) in [5.41, 5.74) is 0.767. The molecule has 4 heteroatoms. The first-order valence-electron chi connectivity index (χ1n) is 3.73. The molecule has 0 aliphatic rings. The van der Waals surface area contributed by atoms with E-state index in [-0.39, 0.29) is 12.3 Å². The van der Waals surface area contributed by atoms with Gasteiger partial charge in [-0.25, -0.2) is 4.98 Å². The van der Waals surface area contributed by atoms with Crippen molar-refractivity contribution < 1.29 is 14.3 Å². The molecule has 1 rings (SSSR count). The van der Waals surface area contributed by atoms with Crippen molar-refractivity contribution in [3.63, 3.8) is 0 Å². The van der Waals surface area contributed by atoms with E-state index in [0.717, 1.165) is 5.69 Å².